The molecule has 9 heavy (non-hydrogen) atoms. The van der Waals surface area contributed by atoms with E-state index in [1.807, 2.05) is 6.92 Å². The highest BCUT2D eigenvalue weighted by Crippen LogP contribution is 1.96. The molecule has 0 spiro atoms. The maximum atomic E-state index is 3.29. The Balaban J connectivity index is 4.94. The molecule has 1 heteroatoms. The second-order valence-electron chi connectivity index (χ2n) is 1.21. The Morgan fingerprint density at radius 1 is 1.33 bits per heavy atom. The molecule has 0 saturated heterocycles. The Kier molecular flexibility index (Phi) is 4.75. The summed E-state index contributed by atoms with van der Waals surface area (Å²) in [6, 6.07) is 0. The third-order valence-corrected chi connectivity index (χ3v) is 0.646. The van der Waals surface area contributed by atoms with Gasteiger partial charge in [0.15, 0.2) is 0 Å². The summed E-state index contributed by atoms with van der Waals surface area (Å²) in [6.45, 7) is 5.15. The first kappa shape index (κ1) is 8.12. The van der Waals surface area contributed by atoms with Gasteiger partial charge < -0.3 is 0 Å². The molecule has 0 aliphatic rings. The lowest BCUT2D eigenvalue weighted by atomic mass is 10.6. The van der Waals surface area contributed by atoms with E-state index in [0.717, 1.165) is 4.48 Å². The quantitative estimate of drug-likeness (QED) is 0.504. The summed E-state index contributed by atoms with van der Waals surface area (Å²) >= 11 is 3.17. The van der Waals surface area contributed by atoms with Crippen molar-refractivity contribution >= 4 is 15.9 Å². The molecular formula is C8H5Br. The van der Waals surface area contributed by atoms with E-state index in [1.54, 1.807) is 0 Å². The Hall–Kier alpha value is -0.880. The van der Waals surface area contributed by atoms with Crippen molar-refractivity contribution in [2.75, 3.05) is 0 Å². The van der Waals surface area contributed by atoms with Crippen molar-refractivity contribution in [3.8, 4) is 0 Å². The van der Waals surface area contributed by atoms with Crippen LogP contribution in [0.5, 0.6) is 0 Å². The first-order chi connectivity index (χ1) is 4.27. The Morgan fingerprint density at radius 2 is 2.00 bits per heavy atom. The predicted molar refractivity (Wildman–Crippen MR) is 41.3 cm³/mol. The summed E-state index contributed by atoms with van der Waals surface area (Å²) in [5, 5.41) is 0. The van der Waals surface area contributed by atoms with Gasteiger partial charge in [-0.3, -0.25) is 0 Å². The number of hydrogen-bond acceptors (Lipinski definition) is 0. The van der Waals surface area contributed by atoms with Crippen molar-refractivity contribution in [3.05, 3.63) is 39.7 Å². The van der Waals surface area contributed by atoms with Gasteiger partial charge in [-0.1, -0.05) is 11.5 Å². The molecule has 0 unspecified atom stereocenters. The normalized spacial score (nSPS) is 5.11. The van der Waals surface area contributed by atoms with Crippen molar-refractivity contribution in [1.29, 1.82) is 0 Å². The van der Waals surface area contributed by atoms with Crippen LogP contribution in [0.2, 0.25) is 0 Å². The van der Waals surface area contributed by atoms with Crippen LogP contribution in [0.25, 0.3) is 0 Å². The van der Waals surface area contributed by atoms with E-state index in [1.165, 1.54) is 0 Å². The number of hydrogen-bond donors (Lipinski definition) is 0. The fraction of sp³-hybridized carbons (Fsp3) is 0.125. The van der Waals surface area contributed by atoms with E-state index in [2.05, 4.69) is 51.2 Å². The molecule has 0 saturated carbocycles. The lowest BCUT2D eigenvalue weighted by molar-refractivity contribution is 1.73. The van der Waals surface area contributed by atoms with Crippen LogP contribution >= 0.6 is 15.9 Å². The van der Waals surface area contributed by atoms with Gasteiger partial charge in [0.05, 0.1) is 0 Å². The third kappa shape index (κ3) is 7.12. The number of rotatable bonds is 0. The second-order valence-corrected chi connectivity index (χ2v) is 2.40. The molecule has 0 aliphatic heterocycles. The summed E-state index contributed by atoms with van der Waals surface area (Å²) in [6.07, 6.45) is 0. The summed E-state index contributed by atoms with van der Waals surface area (Å²) in [7, 11) is 0. The predicted octanol–water partition coefficient (Wildman–Crippen LogP) is 2.69. The topological polar surface area (TPSA) is 0 Å². The van der Waals surface area contributed by atoms with Gasteiger partial charge in [-0.15, -0.1) is 0 Å². The molecule has 0 radical (unpaired) electrons. The lowest BCUT2D eigenvalue weighted by Crippen LogP contribution is -1.39. The first-order valence-electron chi connectivity index (χ1n) is 2.29. The zero-order valence-corrected chi connectivity index (χ0v) is 6.67. The highest BCUT2D eigenvalue weighted by atomic mass is 79.9. The minimum absolute atomic E-state index is 0.876. The SMILES string of the molecule is C=C=C=C=C=C=C(C)Br. The van der Waals surface area contributed by atoms with Gasteiger partial charge in [0.25, 0.3) is 0 Å². The molecule has 0 rings (SSSR count). The van der Waals surface area contributed by atoms with Gasteiger partial charge in [-0.2, -0.15) is 0 Å². The zero-order valence-electron chi connectivity index (χ0n) is 5.09. The highest BCUT2D eigenvalue weighted by molar-refractivity contribution is 9.11. The molecule has 0 atom stereocenters. The summed E-state index contributed by atoms with van der Waals surface area (Å²) < 4.78 is 0.876. The molecule has 0 nitrogen and oxygen atoms in total. The van der Waals surface area contributed by atoms with Gasteiger partial charge in [0.1, 0.15) is 0 Å². The number of allylic oxidation sites excluding steroid dienone is 1. The fourth-order valence-electron chi connectivity index (χ4n) is 0.193. The van der Waals surface area contributed by atoms with Crippen LogP contribution in [0.4, 0.5) is 0 Å². The third-order valence-electron chi connectivity index (χ3n) is 0.448. The zero-order chi connectivity index (χ0) is 7.11. The first-order valence-corrected chi connectivity index (χ1v) is 3.09. The summed E-state index contributed by atoms with van der Waals surface area (Å²) in [4.78, 5) is 0. The van der Waals surface area contributed by atoms with Crippen LogP contribution in [0, 0.1) is 0 Å². The van der Waals surface area contributed by atoms with E-state index >= 15 is 0 Å². The Labute approximate surface area is 63.0 Å². The molecule has 0 aromatic rings. The second kappa shape index (κ2) is 5.26. The lowest BCUT2D eigenvalue weighted by Gasteiger charge is -1.63. The molecule has 44 valence electrons. The maximum absolute atomic E-state index is 3.29. The fourth-order valence-corrected chi connectivity index (χ4v) is 0.292. The van der Waals surface area contributed by atoms with Crippen molar-refractivity contribution in [3.63, 3.8) is 0 Å². The van der Waals surface area contributed by atoms with Crippen molar-refractivity contribution < 1.29 is 0 Å². The van der Waals surface area contributed by atoms with Crippen molar-refractivity contribution in [1.82, 2.24) is 0 Å². The Morgan fingerprint density at radius 3 is 2.44 bits per heavy atom. The van der Waals surface area contributed by atoms with Crippen LogP contribution < -0.4 is 0 Å². The van der Waals surface area contributed by atoms with Crippen LogP contribution in [0.15, 0.2) is 39.7 Å². The van der Waals surface area contributed by atoms with Crippen LogP contribution in [0.3, 0.4) is 0 Å². The maximum Gasteiger partial charge on any atom is 0.0428 e. The minimum Gasteiger partial charge on any atom is -0.0687 e. The van der Waals surface area contributed by atoms with E-state index in [4.69, 9.17) is 0 Å². The summed E-state index contributed by atoms with van der Waals surface area (Å²) in [5.74, 6) is 0. The average molecular weight is 181 g/mol. The molecule has 0 N–H and O–H groups in total. The number of halogens is 1. The van der Waals surface area contributed by atoms with Gasteiger partial charge in [-0.05, 0) is 46.6 Å². The van der Waals surface area contributed by atoms with Crippen LogP contribution in [-0.2, 0) is 0 Å². The standard InChI is InChI=1S/C8H5Br/c1-3-4-5-6-7-8(2)9/h1H2,2H3. The minimum atomic E-state index is 0.876. The highest BCUT2D eigenvalue weighted by Gasteiger charge is 1.64. The molecule has 0 aromatic carbocycles. The average Bonchev–Trinajstić information content (AvgIpc) is 1.80. The van der Waals surface area contributed by atoms with E-state index in [0.29, 0.717) is 0 Å². The van der Waals surface area contributed by atoms with Crippen molar-refractivity contribution in [2.24, 2.45) is 0 Å². The van der Waals surface area contributed by atoms with Gasteiger partial charge in [-0.25, -0.2) is 0 Å². The van der Waals surface area contributed by atoms with Crippen LogP contribution in [-0.4, -0.2) is 0 Å². The molecule has 0 aliphatic carbocycles. The van der Waals surface area contributed by atoms with Crippen molar-refractivity contribution in [2.45, 2.75) is 6.92 Å². The van der Waals surface area contributed by atoms with E-state index < -0.39 is 0 Å². The Bertz CT molecular complexity index is 264. The van der Waals surface area contributed by atoms with Gasteiger partial charge in [0.2, 0.25) is 0 Å². The van der Waals surface area contributed by atoms with Crippen LogP contribution in [0.1, 0.15) is 6.92 Å². The van der Waals surface area contributed by atoms with Gasteiger partial charge in [0, 0.05) is 4.48 Å². The molecule has 0 bridgehead atoms. The summed E-state index contributed by atoms with van der Waals surface area (Å²) in [5.41, 5.74) is 12.7. The van der Waals surface area contributed by atoms with E-state index in [-0.39, 0.29) is 0 Å². The molecular weight excluding hydrogens is 176 g/mol. The molecule has 0 amide bonds. The smallest absolute Gasteiger partial charge is 0.0428 e. The molecule has 0 aromatic heterocycles. The molecule has 0 fully saturated rings. The van der Waals surface area contributed by atoms with E-state index in [9.17, 15) is 0 Å². The van der Waals surface area contributed by atoms with Gasteiger partial charge >= 0.3 is 0 Å². The molecule has 0 heterocycles. The largest absolute Gasteiger partial charge is 0.0687 e. The monoisotopic (exact) mass is 180 g/mol.